The summed E-state index contributed by atoms with van der Waals surface area (Å²) in [6.07, 6.45) is 1.81. The van der Waals surface area contributed by atoms with Crippen molar-refractivity contribution in [3.8, 4) is 5.69 Å². The van der Waals surface area contributed by atoms with Gasteiger partial charge in [0.1, 0.15) is 11.6 Å². The number of anilines is 1. The molecule has 1 fully saturated rings. The number of halogens is 1. The van der Waals surface area contributed by atoms with E-state index in [0.717, 1.165) is 29.9 Å². The number of fused-ring (bicyclic) bond motifs is 1. The van der Waals surface area contributed by atoms with Crippen LogP contribution in [0.3, 0.4) is 0 Å². The molecule has 1 unspecified atom stereocenters. The number of aromatic nitrogens is 2. The predicted molar refractivity (Wildman–Crippen MR) is 99.1 cm³/mol. The first-order chi connectivity index (χ1) is 13.1. The molecule has 0 aliphatic carbocycles. The summed E-state index contributed by atoms with van der Waals surface area (Å²) in [6.45, 7) is 1.00. The van der Waals surface area contributed by atoms with Gasteiger partial charge in [-0.1, -0.05) is 0 Å². The Balaban J connectivity index is 1.51. The van der Waals surface area contributed by atoms with Gasteiger partial charge >= 0.3 is 11.8 Å². The normalized spacial score (nSPS) is 18.3. The molecule has 4 rings (SSSR count). The average Bonchev–Trinajstić information content (AvgIpc) is 3.39. The monoisotopic (exact) mass is 390 g/mol. The molecule has 2 aliphatic rings. The van der Waals surface area contributed by atoms with Crippen LogP contribution in [0.4, 0.5) is 10.2 Å². The number of benzene rings is 1. The van der Waals surface area contributed by atoms with Crippen molar-refractivity contribution < 1.29 is 18.7 Å². The molecule has 0 spiro atoms. The van der Waals surface area contributed by atoms with Crippen LogP contribution in [0.2, 0.25) is 0 Å². The maximum atomic E-state index is 13.2. The molecule has 9 heteroatoms. The van der Waals surface area contributed by atoms with Crippen molar-refractivity contribution in [3.63, 3.8) is 0 Å². The first kappa shape index (κ1) is 18.0. The zero-order chi connectivity index (χ0) is 18.8. The molecule has 1 aromatic heterocycles. The second-order valence-electron chi connectivity index (χ2n) is 6.45. The molecule has 1 saturated heterocycles. The Morgan fingerprint density at radius 1 is 1.26 bits per heavy atom. The minimum atomic E-state index is -0.754. The van der Waals surface area contributed by atoms with Crippen molar-refractivity contribution in [2.45, 2.75) is 30.5 Å². The lowest BCUT2D eigenvalue weighted by atomic mass is 10.2. The van der Waals surface area contributed by atoms with Crippen LogP contribution in [0.15, 0.2) is 24.3 Å². The standard InChI is InChI=1S/C18H19FN4O3S/c19-11-3-5-12(6-4-11)23-16(14-9-27-10-15(14)22-23)21-18(25)17(24)20-8-13-2-1-7-26-13/h3-6,13H,1-2,7-10H2,(H,20,24)(H,21,25). The van der Waals surface area contributed by atoms with Crippen LogP contribution < -0.4 is 10.6 Å². The van der Waals surface area contributed by atoms with Crippen LogP contribution in [0.5, 0.6) is 0 Å². The van der Waals surface area contributed by atoms with Crippen molar-refractivity contribution in [1.82, 2.24) is 15.1 Å². The third-order valence-corrected chi connectivity index (χ3v) is 5.55. The van der Waals surface area contributed by atoms with E-state index >= 15 is 0 Å². The molecule has 1 atom stereocenters. The van der Waals surface area contributed by atoms with Crippen molar-refractivity contribution in [3.05, 3.63) is 41.3 Å². The summed E-state index contributed by atoms with van der Waals surface area (Å²) in [5.41, 5.74) is 2.37. The lowest BCUT2D eigenvalue weighted by molar-refractivity contribution is -0.136. The average molecular weight is 390 g/mol. The second kappa shape index (κ2) is 7.69. The number of nitrogens with zero attached hydrogens (tertiary/aromatic N) is 2. The summed E-state index contributed by atoms with van der Waals surface area (Å²) in [4.78, 5) is 24.5. The Morgan fingerprint density at radius 2 is 2.07 bits per heavy atom. The van der Waals surface area contributed by atoms with Crippen LogP contribution in [-0.4, -0.2) is 40.9 Å². The second-order valence-corrected chi connectivity index (χ2v) is 7.44. The molecule has 142 valence electrons. The highest BCUT2D eigenvalue weighted by molar-refractivity contribution is 7.98. The van der Waals surface area contributed by atoms with E-state index < -0.39 is 11.8 Å². The zero-order valence-corrected chi connectivity index (χ0v) is 15.4. The number of carbonyl (C=O) groups excluding carboxylic acids is 2. The zero-order valence-electron chi connectivity index (χ0n) is 14.5. The van der Waals surface area contributed by atoms with Gasteiger partial charge in [-0.2, -0.15) is 16.9 Å². The third-order valence-electron chi connectivity index (χ3n) is 4.58. The van der Waals surface area contributed by atoms with E-state index in [-0.39, 0.29) is 11.9 Å². The minimum Gasteiger partial charge on any atom is -0.376 e. The lowest BCUT2D eigenvalue weighted by Gasteiger charge is -2.12. The summed E-state index contributed by atoms with van der Waals surface area (Å²) >= 11 is 1.69. The SMILES string of the molecule is O=C(NCC1CCCO1)C(=O)Nc1c2c(nn1-c1ccc(F)cc1)CSC2. The Morgan fingerprint density at radius 3 is 2.81 bits per heavy atom. The van der Waals surface area contributed by atoms with E-state index in [4.69, 9.17) is 4.74 Å². The maximum absolute atomic E-state index is 13.2. The number of thioether (sulfide) groups is 1. The van der Waals surface area contributed by atoms with Gasteiger partial charge < -0.3 is 15.4 Å². The summed E-state index contributed by atoms with van der Waals surface area (Å²) in [7, 11) is 0. The van der Waals surface area contributed by atoms with Gasteiger partial charge in [-0.3, -0.25) is 9.59 Å². The highest BCUT2D eigenvalue weighted by atomic mass is 32.2. The van der Waals surface area contributed by atoms with Crippen molar-refractivity contribution >= 4 is 29.4 Å². The molecule has 0 bridgehead atoms. The van der Waals surface area contributed by atoms with Crippen LogP contribution in [0, 0.1) is 5.82 Å². The fourth-order valence-electron chi connectivity index (χ4n) is 3.17. The van der Waals surface area contributed by atoms with E-state index in [1.807, 2.05) is 0 Å². The van der Waals surface area contributed by atoms with Gasteiger partial charge in [0, 0.05) is 30.2 Å². The third kappa shape index (κ3) is 3.84. The molecular weight excluding hydrogens is 371 g/mol. The van der Waals surface area contributed by atoms with Gasteiger partial charge in [0.25, 0.3) is 0 Å². The molecule has 0 saturated carbocycles. The molecule has 2 N–H and O–H groups in total. The topological polar surface area (TPSA) is 85.2 Å². The molecule has 1 aromatic carbocycles. The van der Waals surface area contributed by atoms with Crippen LogP contribution in [0.1, 0.15) is 24.1 Å². The number of hydrogen-bond acceptors (Lipinski definition) is 5. The molecule has 2 aliphatic heterocycles. The number of nitrogens with one attached hydrogen (secondary N) is 2. The Kier molecular flexibility index (Phi) is 5.13. The van der Waals surface area contributed by atoms with Gasteiger partial charge in [-0.25, -0.2) is 9.07 Å². The van der Waals surface area contributed by atoms with E-state index in [9.17, 15) is 14.0 Å². The summed E-state index contributed by atoms with van der Waals surface area (Å²) in [5, 5.41) is 9.81. The smallest absolute Gasteiger partial charge is 0.314 e. The molecule has 2 aromatic rings. The van der Waals surface area contributed by atoms with Gasteiger partial charge in [0.05, 0.1) is 17.5 Å². The first-order valence-corrected chi connectivity index (χ1v) is 9.92. The van der Waals surface area contributed by atoms with Crippen LogP contribution >= 0.6 is 11.8 Å². The Hall–Kier alpha value is -2.39. The van der Waals surface area contributed by atoms with E-state index in [2.05, 4.69) is 15.7 Å². The maximum Gasteiger partial charge on any atom is 0.314 e. The molecule has 27 heavy (non-hydrogen) atoms. The fourth-order valence-corrected chi connectivity index (χ4v) is 4.20. The highest BCUT2D eigenvalue weighted by Gasteiger charge is 2.27. The Bertz CT molecular complexity index is 862. The Labute approximate surface area is 159 Å². The number of hydrogen-bond donors (Lipinski definition) is 2. The number of carbonyl (C=O) groups is 2. The number of ether oxygens (including phenoxy) is 1. The number of amides is 2. The summed E-state index contributed by atoms with van der Waals surface area (Å²) < 4.78 is 20.2. The van der Waals surface area contributed by atoms with Crippen molar-refractivity contribution in [2.75, 3.05) is 18.5 Å². The van der Waals surface area contributed by atoms with Gasteiger partial charge in [0.15, 0.2) is 0 Å². The van der Waals surface area contributed by atoms with Crippen LogP contribution in [-0.2, 0) is 25.8 Å². The quantitative estimate of drug-likeness (QED) is 0.780. The number of rotatable bonds is 4. The fraction of sp³-hybridized carbons (Fsp3) is 0.389. The first-order valence-electron chi connectivity index (χ1n) is 8.77. The highest BCUT2D eigenvalue weighted by Crippen LogP contribution is 2.36. The van der Waals surface area contributed by atoms with Crippen molar-refractivity contribution in [1.29, 1.82) is 0 Å². The molecule has 2 amide bonds. The lowest BCUT2D eigenvalue weighted by Crippen LogP contribution is -2.39. The summed E-state index contributed by atoms with van der Waals surface area (Å²) in [5.74, 6) is 0.0704. The largest absolute Gasteiger partial charge is 0.376 e. The van der Waals surface area contributed by atoms with E-state index in [0.29, 0.717) is 30.4 Å². The van der Waals surface area contributed by atoms with Crippen LogP contribution in [0.25, 0.3) is 5.69 Å². The van der Waals surface area contributed by atoms with E-state index in [1.165, 1.54) is 12.1 Å². The molecule has 0 radical (unpaired) electrons. The van der Waals surface area contributed by atoms with Crippen molar-refractivity contribution in [2.24, 2.45) is 0 Å². The van der Waals surface area contributed by atoms with E-state index in [1.54, 1.807) is 28.6 Å². The van der Waals surface area contributed by atoms with Gasteiger partial charge in [-0.15, -0.1) is 0 Å². The predicted octanol–water partition coefficient (Wildman–Crippen LogP) is 1.99. The summed E-state index contributed by atoms with van der Waals surface area (Å²) in [6, 6.07) is 5.82. The molecule has 3 heterocycles. The molecular formula is C18H19FN4O3S. The molecule has 7 nitrogen and oxygen atoms in total. The minimum absolute atomic E-state index is 0.0351. The van der Waals surface area contributed by atoms with Gasteiger partial charge in [-0.05, 0) is 37.1 Å². The van der Waals surface area contributed by atoms with Gasteiger partial charge in [0.2, 0.25) is 0 Å².